The summed E-state index contributed by atoms with van der Waals surface area (Å²) in [5.74, 6) is -0.699. The Bertz CT molecular complexity index is 589. The first kappa shape index (κ1) is 18.4. The summed E-state index contributed by atoms with van der Waals surface area (Å²) in [5.41, 5.74) is 0.483. The first-order chi connectivity index (χ1) is 11.4. The van der Waals surface area contributed by atoms with Gasteiger partial charge in [-0.05, 0) is 25.2 Å². The molecule has 7 heteroatoms. The highest BCUT2D eigenvalue weighted by Crippen LogP contribution is 2.30. The van der Waals surface area contributed by atoms with Crippen molar-refractivity contribution in [2.24, 2.45) is 11.3 Å². The van der Waals surface area contributed by atoms with Crippen molar-refractivity contribution in [3.05, 3.63) is 17.5 Å². The van der Waals surface area contributed by atoms with E-state index < -0.39 is 11.4 Å². The summed E-state index contributed by atoms with van der Waals surface area (Å²) >= 11 is 0. The van der Waals surface area contributed by atoms with Crippen LogP contribution in [0.25, 0.3) is 0 Å². The molecular weight excluding hydrogens is 310 g/mol. The van der Waals surface area contributed by atoms with Gasteiger partial charge in [0.2, 0.25) is 0 Å². The summed E-state index contributed by atoms with van der Waals surface area (Å²) < 4.78 is 7.12. The van der Waals surface area contributed by atoms with E-state index in [-0.39, 0.29) is 12.5 Å². The molecule has 0 atom stereocenters. The number of hydrogen-bond acceptors (Lipinski definition) is 4. The van der Waals surface area contributed by atoms with Gasteiger partial charge in [-0.1, -0.05) is 20.8 Å². The van der Waals surface area contributed by atoms with E-state index in [1.807, 2.05) is 11.6 Å². The molecule has 2 rings (SSSR count). The molecule has 1 aliphatic heterocycles. The number of ether oxygens (including phenoxy) is 1. The van der Waals surface area contributed by atoms with Crippen LogP contribution in [0.4, 0.5) is 0 Å². The average Bonchev–Trinajstić information content (AvgIpc) is 2.95. The molecule has 134 valence electrons. The van der Waals surface area contributed by atoms with Crippen molar-refractivity contribution in [1.29, 1.82) is 0 Å². The van der Waals surface area contributed by atoms with Crippen molar-refractivity contribution in [2.75, 3.05) is 19.8 Å². The van der Waals surface area contributed by atoms with Crippen molar-refractivity contribution in [2.45, 2.75) is 46.6 Å². The molecule has 1 amide bonds. The van der Waals surface area contributed by atoms with Gasteiger partial charge >= 0.3 is 5.97 Å². The van der Waals surface area contributed by atoms with Gasteiger partial charge in [-0.3, -0.25) is 14.3 Å². The van der Waals surface area contributed by atoms with Gasteiger partial charge < -0.3 is 15.2 Å². The zero-order chi connectivity index (χ0) is 17.7. The lowest BCUT2D eigenvalue weighted by atomic mass is 9.80. The van der Waals surface area contributed by atoms with Crippen molar-refractivity contribution in [1.82, 2.24) is 15.1 Å². The first-order valence-electron chi connectivity index (χ1n) is 8.53. The lowest BCUT2D eigenvalue weighted by Crippen LogP contribution is -2.46. The number of hydrogen-bond donors (Lipinski definition) is 2. The van der Waals surface area contributed by atoms with Crippen molar-refractivity contribution < 1.29 is 19.4 Å². The van der Waals surface area contributed by atoms with E-state index >= 15 is 0 Å². The van der Waals surface area contributed by atoms with Crippen LogP contribution in [0.1, 0.15) is 49.7 Å². The van der Waals surface area contributed by atoms with Gasteiger partial charge in [-0.25, -0.2) is 0 Å². The average molecular weight is 337 g/mol. The Kier molecular flexibility index (Phi) is 5.99. The van der Waals surface area contributed by atoms with E-state index in [4.69, 9.17) is 4.74 Å². The number of carbonyl (C=O) groups excluding carboxylic acids is 1. The number of carboxylic acids is 1. The summed E-state index contributed by atoms with van der Waals surface area (Å²) in [7, 11) is 0. The molecule has 0 bridgehead atoms. The van der Waals surface area contributed by atoms with Crippen LogP contribution in [0.5, 0.6) is 0 Å². The molecule has 1 aliphatic rings. The number of carbonyl (C=O) groups is 2. The summed E-state index contributed by atoms with van der Waals surface area (Å²) in [6.07, 6.45) is 3.10. The molecule has 0 saturated carbocycles. The Morgan fingerprint density at radius 2 is 2.08 bits per heavy atom. The third-order valence-corrected chi connectivity index (χ3v) is 4.56. The summed E-state index contributed by atoms with van der Waals surface area (Å²) in [6.45, 7) is 7.88. The van der Waals surface area contributed by atoms with Crippen LogP contribution in [0, 0.1) is 11.3 Å². The van der Waals surface area contributed by atoms with E-state index in [0.29, 0.717) is 44.0 Å². The highest BCUT2D eigenvalue weighted by atomic mass is 16.5. The highest BCUT2D eigenvalue weighted by molar-refractivity contribution is 5.95. The zero-order valence-corrected chi connectivity index (χ0v) is 14.7. The largest absolute Gasteiger partial charge is 0.481 e. The molecule has 7 nitrogen and oxygen atoms in total. The van der Waals surface area contributed by atoms with Gasteiger partial charge in [0, 0.05) is 26.3 Å². The van der Waals surface area contributed by atoms with Crippen molar-refractivity contribution in [3.8, 4) is 0 Å². The Morgan fingerprint density at radius 1 is 1.42 bits per heavy atom. The molecule has 2 N–H and O–H groups in total. The normalized spacial score (nSPS) is 17.0. The second-order valence-corrected chi connectivity index (χ2v) is 6.81. The standard InChI is InChI=1S/C17H27N3O4/c1-4-14-13(9-19-20(14)10-12(2)3)15(21)18-11-17(16(22)23)5-7-24-8-6-17/h9,12H,4-8,10-11H2,1-3H3,(H,18,21)(H,22,23). The Labute approximate surface area is 142 Å². The SMILES string of the molecule is CCc1c(C(=O)NCC2(C(=O)O)CCOCC2)cnn1CC(C)C. The van der Waals surface area contributed by atoms with E-state index in [9.17, 15) is 14.7 Å². The smallest absolute Gasteiger partial charge is 0.311 e. The molecule has 0 unspecified atom stereocenters. The number of nitrogens with zero attached hydrogens (tertiary/aromatic N) is 2. The van der Waals surface area contributed by atoms with Crippen molar-refractivity contribution in [3.63, 3.8) is 0 Å². The number of amides is 1. The summed E-state index contributed by atoms with van der Waals surface area (Å²) in [5, 5.41) is 16.7. The van der Waals surface area contributed by atoms with E-state index in [2.05, 4.69) is 24.3 Å². The number of nitrogens with one attached hydrogen (secondary N) is 1. The second kappa shape index (κ2) is 7.79. The highest BCUT2D eigenvalue weighted by Gasteiger charge is 2.40. The molecule has 1 aromatic heterocycles. The number of carboxylic acid groups (broad SMARTS) is 1. The topological polar surface area (TPSA) is 93.5 Å². The Hall–Kier alpha value is -1.89. The fourth-order valence-electron chi connectivity index (χ4n) is 3.05. The molecule has 0 aliphatic carbocycles. The van der Waals surface area contributed by atoms with E-state index in [1.54, 1.807) is 6.20 Å². The quantitative estimate of drug-likeness (QED) is 0.790. The fourth-order valence-corrected chi connectivity index (χ4v) is 3.05. The van der Waals surface area contributed by atoms with Crippen LogP contribution >= 0.6 is 0 Å². The zero-order valence-electron chi connectivity index (χ0n) is 14.7. The monoisotopic (exact) mass is 337 g/mol. The van der Waals surface area contributed by atoms with Crippen LogP contribution in [0.3, 0.4) is 0 Å². The number of aliphatic carboxylic acids is 1. The molecular formula is C17H27N3O4. The predicted octanol–water partition coefficient (Wildman–Crippen LogP) is 1.71. The van der Waals surface area contributed by atoms with Gasteiger partial charge in [0.1, 0.15) is 0 Å². The van der Waals surface area contributed by atoms with Gasteiger partial charge in [0.05, 0.1) is 22.9 Å². The van der Waals surface area contributed by atoms with Gasteiger partial charge in [-0.15, -0.1) is 0 Å². The third-order valence-electron chi connectivity index (χ3n) is 4.56. The molecule has 1 fully saturated rings. The number of aromatic nitrogens is 2. The van der Waals surface area contributed by atoms with Crippen LogP contribution in [0.2, 0.25) is 0 Å². The lowest BCUT2D eigenvalue weighted by Gasteiger charge is -2.33. The molecule has 2 heterocycles. The maximum atomic E-state index is 12.5. The van der Waals surface area contributed by atoms with E-state index in [0.717, 1.165) is 12.2 Å². The van der Waals surface area contributed by atoms with Crippen LogP contribution in [0.15, 0.2) is 6.20 Å². The molecule has 0 aromatic carbocycles. The summed E-state index contributed by atoms with van der Waals surface area (Å²) in [6, 6.07) is 0. The Morgan fingerprint density at radius 3 is 2.62 bits per heavy atom. The van der Waals surface area contributed by atoms with Crippen LogP contribution in [-0.2, 0) is 22.5 Å². The predicted molar refractivity (Wildman–Crippen MR) is 88.9 cm³/mol. The van der Waals surface area contributed by atoms with Crippen molar-refractivity contribution >= 4 is 11.9 Å². The Balaban J connectivity index is 2.09. The second-order valence-electron chi connectivity index (χ2n) is 6.81. The van der Waals surface area contributed by atoms with Gasteiger partial charge in [0.25, 0.3) is 5.91 Å². The minimum Gasteiger partial charge on any atom is -0.481 e. The fraction of sp³-hybridized carbons (Fsp3) is 0.706. The lowest BCUT2D eigenvalue weighted by molar-refractivity contribution is -0.154. The van der Waals surface area contributed by atoms with Crippen LogP contribution < -0.4 is 5.32 Å². The molecule has 0 spiro atoms. The first-order valence-corrected chi connectivity index (χ1v) is 8.53. The molecule has 1 saturated heterocycles. The minimum absolute atomic E-state index is 0.114. The number of rotatable bonds is 7. The van der Waals surface area contributed by atoms with Crippen LogP contribution in [-0.4, -0.2) is 46.5 Å². The summed E-state index contributed by atoms with van der Waals surface area (Å²) in [4.78, 5) is 24.2. The minimum atomic E-state index is -0.936. The van der Waals surface area contributed by atoms with Gasteiger partial charge in [-0.2, -0.15) is 5.10 Å². The molecule has 24 heavy (non-hydrogen) atoms. The van der Waals surface area contributed by atoms with E-state index in [1.165, 1.54) is 0 Å². The molecule has 0 radical (unpaired) electrons. The van der Waals surface area contributed by atoms with Gasteiger partial charge in [0.15, 0.2) is 0 Å². The maximum absolute atomic E-state index is 12.5. The molecule has 1 aromatic rings. The maximum Gasteiger partial charge on any atom is 0.311 e. The third kappa shape index (κ3) is 3.95.